The summed E-state index contributed by atoms with van der Waals surface area (Å²) in [5.74, 6) is 1.18. The lowest BCUT2D eigenvalue weighted by Gasteiger charge is -2.42. The second-order valence-electron chi connectivity index (χ2n) is 10.4. The van der Waals surface area contributed by atoms with Crippen molar-refractivity contribution in [2.45, 2.75) is 37.0 Å². The Morgan fingerprint density at radius 1 is 1.03 bits per heavy atom. The fourth-order valence-corrected chi connectivity index (χ4v) is 6.74. The molecule has 9 heteroatoms. The molecule has 6 rings (SSSR count). The third-order valence-corrected chi connectivity index (χ3v) is 9.17. The molecule has 1 saturated heterocycles. The molecule has 1 unspecified atom stereocenters. The molecule has 0 radical (unpaired) electrons. The number of anilines is 1. The van der Waals surface area contributed by atoms with Crippen LogP contribution in [0.15, 0.2) is 67.1 Å². The average molecular weight is 517 g/mol. The average Bonchev–Trinajstić information content (AvgIpc) is 3.21. The van der Waals surface area contributed by atoms with E-state index in [1.807, 2.05) is 42.5 Å². The number of likely N-dealkylation sites (tertiary alicyclic amines) is 1. The summed E-state index contributed by atoms with van der Waals surface area (Å²) in [6, 6.07) is 17.5. The van der Waals surface area contributed by atoms with Crippen LogP contribution in [0.4, 0.5) is 5.82 Å². The number of nitrogen functional groups attached to an aromatic ring is 1. The zero-order chi connectivity index (χ0) is 25.6. The van der Waals surface area contributed by atoms with Gasteiger partial charge in [0.25, 0.3) is 0 Å². The van der Waals surface area contributed by atoms with Crippen LogP contribution in [0.2, 0.25) is 0 Å². The maximum Gasteiger partial charge on any atom is 0.216 e. The zero-order valence-electron chi connectivity index (χ0n) is 20.7. The number of nitrogens with two attached hydrogens (primary N) is 2. The summed E-state index contributed by atoms with van der Waals surface area (Å²) in [6.07, 6.45) is 7.55. The van der Waals surface area contributed by atoms with E-state index in [0.717, 1.165) is 46.5 Å². The molecule has 1 aliphatic heterocycles. The van der Waals surface area contributed by atoms with Gasteiger partial charge in [-0.15, -0.1) is 0 Å². The molecule has 3 heterocycles. The molecule has 1 aliphatic carbocycles. The van der Waals surface area contributed by atoms with Gasteiger partial charge >= 0.3 is 0 Å². The Hall–Kier alpha value is -3.27. The summed E-state index contributed by atoms with van der Waals surface area (Å²) in [4.78, 5) is 11.4. The smallest absolute Gasteiger partial charge is 0.216 e. The van der Waals surface area contributed by atoms with E-state index in [1.54, 1.807) is 12.1 Å². The van der Waals surface area contributed by atoms with Crippen molar-refractivity contribution in [1.82, 2.24) is 19.4 Å². The molecule has 37 heavy (non-hydrogen) atoms. The monoisotopic (exact) mass is 516 g/mol. The Balaban J connectivity index is 1.32. The number of hydrogen-bond acceptors (Lipinski definition) is 6. The first-order valence-electron chi connectivity index (χ1n) is 12.9. The highest BCUT2D eigenvalue weighted by Crippen LogP contribution is 2.43. The van der Waals surface area contributed by atoms with Gasteiger partial charge in [-0.05, 0) is 61.4 Å². The van der Waals surface area contributed by atoms with Crippen molar-refractivity contribution in [3.8, 4) is 11.1 Å². The van der Waals surface area contributed by atoms with Crippen molar-refractivity contribution in [3.05, 3.63) is 78.2 Å². The zero-order valence-corrected chi connectivity index (χ0v) is 21.5. The van der Waals surface area contributed by atoms with Gasteiger partial charge in [-0.1, -0.05) is 54.6 Å². The summed E-state index contributed by atoms with van der Waals surface area (Å²) in [7, 11) is -3.80. The van der Waals surface area contributed by atoms with Crippen LogP contribution in [0, 0.1) is 5.92 Å². The highest BCUT2D eigenvalue weighted by Gasteiger charge is 2.34. The summed E-state index contributed by atoms with van der Waals surface area (Å²) < 4.78 is 27.2. The number of benzene rings is 2. The van der Waals surface area contributed by atoms with Crippen molar-refractivity contribution in [3.63, 3.8) is 0 Å². The number of hydrogen-bond donors (Lipinski definition) is 2. The van der Waals surface area contributed by atoms with Gasteiger partial charge in [0.2, 0.25) is 10.0 Å². The minimum atomic E-state index is -3.80. The van der Waals surface area contributed by atoms with Gasteiger partial charge < -0.3 is 15.2 Å². The first kappa shape index (κ1) is 24.1. The quantitative estimate of drug-likeness (QED) is 0.366. The fourth-order valence-electron chi connectivity index (χ4n) is 5.78. The molecule has 4 aromatic rings. The van der Waals surface area contributed by atoms with Gasteiger partial charge in [0, 0.05) is 24.3 Å². The van der Waals surface area contributed by atoms with E-state index in [1.165, 1.54) is 32.4 Å². The van der Waals surface area contributed by atoms with Crippen LogP contribution in [0.25, 0.3) is 22.2 Å². The maximum absolute atomic E-state index is 12.5. The largest absolute Gasteiger partial charge is 0.383 e. The van der Waals surface area contributed by atoms with Crippen molar-refractivity contribution >= 4 is 26.9 Å². The molecule has 0 bridgehead atoms. The van der Waals surface area contributed by atoms with Gasteiger partial charge in [0.05, 0.1) is 5.39 Å². The Kier molecular flexibility index (Phi) is 6.22. The van der Waals surface area contributed by atoms with Crippen LogP contribution < -0.4 is 10.9 Å². The molecule has 8 nitrogen and oxygen atoms in total. The molecule has 1 atom stereocenters. The van der Waals surface area contributed by atoms with Crippen LogP contribution in [-0.4, -0.2) is 47.5 Å². The van der Waals surface area contributed by atoms with Crippen molar-refractivity contribution < 1.29 is 8.42 Å². The second-order valence-corrected chi connectivity index (χ2v) is 12.2. The summed E-state index contributed by atoms with van der Waals surface area (Å²) in [6.45, 7) is 3.65. The molecule has 0 amide bonds. The van der Waals surface area contributed by atoms with E-state index in [-0.39, 0.29) is 6.42 Å². The standard InChI is InChI=1S/C28H32N6O2S/c29-27-26-24(17-34(28(26)32-18-31-27)23-13-20(14-23)16-33-10-5-11-33)22-9-4-6-19(12-22)15-25(37(30,35)36)21-7-2-1-3-8-21/h1-4,6-9,12,17-18,20,23,25H,5,10-11,13-16H2,(H2,29,31,32)(H2,30,35,36)/t20-,23+,25?. The number of primary sulfonamides is 1. The molecule has 0 spiro atoms. The normalized spacial score (nSPS) is 20.9. The SMILES string of the molecule is Nc1ncnc2c1c(-c1cccc(CC(c3ccccc3)S(N)(=O)=O)c1)cn2[C@H]1C[C@@H](CN2CCC2)C1. The molecular weight excluding hydrogens is 484 g/mol. The van der Waals surface area contributed by atoms with Crippen LogP contribution in [0.3, 0.4) is 0 Å². The lowest BCUT2D eigenvalue weighted by Crippen LogP contribution is -2.43. The topological polar surface area (TPSA) is 120 Å². The highest BCUT2D eigenvalue weighted by atomic mass is 32.2. The van der Waals surface area contributed by atoms with Gasteiger partial charge in [-0.25, -0.2) is 23.5 Å². The van der Waals surface area contributed by atoms with Crippen molar-refractivity contribution in [2.75, 3.05) is 25.4 Å². The molecule has 4 N–H and O–H groups in total. The van der Waals surface area contributed by atoms with E-state index >= 15 is 0 Å². The van der Waals surface area contributed by atoms with Crippen molar-refractivity contribution in [1.29, 1.82) is 0 Å². The van der Waals surface area contributed by atoms with Crippen LogP contribution in [-0.2, 0) is 16.4 Å². The van der Waals surface area contributed by atoms with E-state index in [0.29, 0.717) is 17.4 Å². The second kappa shape index (κ2) is 9.55. The number of fused-ring (bicyclic) bond motifs is 1. The Morgan fingerprint density at radius 3 is 2.51 bits per heavy atom. The first-order chi connectivity index (χ1) is 17.9. The lowest BCUT2D eigenvalue weighted by molar-refractivity contribution is 0.0921. The van der Waals surface area contributed by atoms with Gasteiger partial charge in [0.1, 0.15) is 23.0 Å². The fraction of sp³-hybridized carbons (Fsp3) is 0.357. The molecule has 2 fully saturated rings. The minimum Gasteiger partial charge on any atom is -0.383 e. The van der Waals surface area contributed by atoms with Crippen molar-refractivity contribution in [2.24, 2.45) is 11.1 Å². The molecule has 192 valence electrons. The van der Waals surface area contributed by atoms with Gasteiger partial charge in [0.15, 0.2) is 0 Å². The predicted octanol–water partition coefficient (Wildman–Crippen LogP) is 3.91. The Labute approximate surface area is 217 Å². The van der Waals surface area contributed by atoms with E-state index in [9.17, 15) is 8.42 Å². The maximum atomic E-state index is 12.5. The number of sulfonamides is 1. The number of aromatic nitrogens is 3. The summed E-state index contributed by atoms with van der Waals surface area (Å²) in [5.41, 5.74) is 10.7. The van der Waals surface area contributed by atoms with Gasteiger partial charge in [-0.3, -0.25) is 0 Å². The lowest BCUT2D eigenvalue weighted by atomic mass is 9.79. The third-order valence-electron chi connectivity index (χ3n) is 7.93. The highest BCUT2D eigenvalue weighted by molar-refractivity contribution is 7.89. The molecule has 2 aromatic carbocycles. The Bertz CT molecular complexity index is 1530. The first-order valence-corrected chi connectivity index (χ1v) is 14.5. The third kappa shape index (κ3) is 4.74. The Morgan fingerprint density at radius 2 is 1.81 bits per heavy atom. The van der Waals surface area contributed by atoms with Crippen LogP contribution >= 0.6 is 0 Å². The van der Waals surface area contributed by atoms with Crippen LogP contribution in [0.1, 0.15) is 41.7 Å². The summed E-state index contributed by atoms with van der Waals surface area (Å²) >= 11 is 0. The van der Waals surface area contributed by atoms with E-state index in [2.05, 4.69) is 25.6 Å². The molecule has 2 aromatic heterocycles. The minimum absolute atomic E-state index is 0.280. The molecule has 1 saturated carbocycles. The number of nitrogens with zero attached hydrogens (tertiary/aromatic N) is 4. The number of rotatable bonds is 8. The van der Waals surface area contributed by atoms with E-state index in [4.69, 9.17) is 10.9 Å². The molecular formula is C28H32N6O2S. The van der Waals surface area contributed by atoms with Gasteiger partial charge in [-0.2, -0.15) is 0 Å². The van der Waals surface area contributed by atoms with E-state index < -0.39 is 15.3 Å². The predicted molar refractivity (Wildman–Crippen MR) is 146 cm³/mol. The van der Waals surface area contributed by atoms with Crippen LogP contribution in [0.5, 0.6) is 0 Å². The summed E-state index contributed by atoms with van der Waals surface area (Å²) in [5, 5.41) is 5.67. The molecule has 2 aliphatic rings.